The molecule has 0 aliphatic carbocycles. The summed E-state index contributed by atoms with van der Waals surface area (Å²) >= 11 is 0. The van der Waals surface area contributed by atoms with Gasteiger partial charge in [-0.25, -0.2) is 4.79 Å². The van der Waals surface area contributed by atoms with Gasteiger partial charge in [0.15, 0.2) is 0 Å². The number of hydrogen-bond donors (Lipinski definition) is 3. The molecular weight excluding hydrogens is 515 g/mol. The molecule has 214 valence electrons. The van der Waals surface area contributed by atoms with Gasteiger partial charge < -0.3 is 34.2 Å². The van der Waals surface area contributed by atoms with E-state index in [2.05, 4.69) is 16.3 Å². The van der Waals surface area contributed by atoms with E-state index in [1.54, 1.807) is 17.0 Å². The third-order valence-corrected chi connectivity index (χ3v) is 7.85. The van der Waals surface area contributed by atoms with E-state index in [-0.39, 0.29) is 18.6 Å². The second kappa shape index (κ2) is 12.4. The fraction of sp³-hybridized carbons (Fsp3) is 0.536. The number of carbonyl (C=O) groups excluding carboxylic acids is 2. The average Bonchev–Trinajstić information content (AvgIpc) is 3.54. The molecule has 2 saturated heterocycles. The Hall–Kier alpha value is -3.37. The van der Waals surface area contributed by atoms with E-state index < -0.39 is 36.1 Å². The van der Waals surface area contributed by atoms with Crippen LogP contribution in [0.15, 0.2) is 46.6 Å². The van der Waals surface area contributed by atoms with Crippen LogP contribution in [0.2, 0.25) is 0 Å². The number of rotatable bonds is 9. The molecule has 11 nitrogen and oxygen atoms in total. The highest BCUT2D eigenvalue weighted by Gasteiger charge is 2.42. The van der Waals surface area contributed by atoms with Crippen molar-refractivity contribution in [2.75, 3.05) is 39.5 Å². The normalized spacial score (nSPS) is 21.2. The van der Waals surface area contributed by atoms with Gasteiger partial charge in [-0.2, -0.15) is 5.26 Å². The maximum absolute atomic E-state index is 13.5. The molecule has 0 radical (unpaired) electrons. The Morgan fingerprint density at radius 1 is 1.27 bits per heavy atom. The van der Waals surface area contributed by atoms with Gasteiger partial charge in [0.05, 0.1) is 31.0 Å². The fourth-order valence-corrected chi connectivity index (χ4v) is 5.46. The van der Waals surface area contributed by atoms with Crippen molar-refractivity contribution >= 4 is 30.1 Å². The summed E-state index contributed by atoms with van der Waals surface area (Å²) in [6.07, 6.45) is 3.79. The summed E-state index contributed by atoms with van der Waals surface area (Å²) in [5, 5.41) is 33.0. The number of para-hydroxylation sites is 1. The van der Waals surface area contributed by atoms with E-state index in [1.165, 1.54) is 6.26 Å². The molecule has 1 aromatic heterocycles. The first-order chi connectivity index (χ1) is 19.0. The maximum Gasteiger partial charge on any atom is 0.475 e. The Balaban J connectivity index is 1.39. The van der Waals surface area contributed by atoms with Crippen molar-refractivity contribution in [2.24, 2.45) is 0 Å². The van der Waals surface area contributed by atoms with E-state index in [0.29, 0.717) is 56.8 Å². The minimum absolute atomic E-state index is 0.0462. The number of likely N-dealkylation sites (tertiary alicyclic amines) is 1. The monoisotopic (exact) mass is 552 g/mol. The Morgan fingerprint density at radius 3 is 2.70 bits per heavy atom. The minimum atomic E-state index is -1.83. The highest BCUT2D eigenvalue weighted by atomic mass is 16.6. The summed E-state index contributed by atoms with van der Waals surface area (Å²) < 4.78 is 16.4. The third-order valence-electron chi connectivity index (χ3n) is 7.85. The smallest absolute Gasteiger partial charge is 0.464 e. The summed E-state index contributed by atoms with van der Waals surface area (Å²) in [5.74, 6) is -1.44. The Bertz CT molecular complexity index is 1280. The van der Waals surface area contributed by atoms with Crippen molar-refractivity contribution in [3.05, 3.63) is 47.7 Å². The van der Waals surface area contributed by atoms with Crippen LogP contribution in [0, 0.1) is 11.3 Å². The van der Waals surface area contributed by atoms with Crippen LogP contribution in [0.25, 0.3) is 11.0 Å². The quantitative estimate of drug-likeness (QED) is 0.241. The lowest BCUT2D eigenvalue weighted by molar-refractivity contribution is -0.131. The standard InChI is InChI=1S/C28H37BN4O7/c1-27(2,32-11-13-38-14-12-32)16-21(17-30)25(34)33-10-6-9-28(33,3)19-40-26(35)31-24(29(36)37)15-20-18-39-23-8-5-4-7-22(20)23/h4-5,7-8,16,18,24,36-37H,6,9-15,19H2,1-3H3,(H,31,35)/b21-16+/t24-,28+/m0/s1. The topological polar surface area (TPSA) is 148 Å². The maximum atomic E-state index is 13.5. The number of hydrogen-bond acceptors (Lipinski definition) is 9. The minimum Gasteiger partial charge on any atom is -0.464 e. The summed E-state index contributed by atoms with van der Waals surface area (Å²) in [6, 6.07) is 9.41. The molecule has 2 atom stereocenters. The molecular formula is C28H37BN4O7. The van der Waals surface area contributed by atoms with Crippen molar-refractivity contribution in [2.45, 2.75) is 57.1 Å². The number of furan rings is 1. The van der Waals surface area contributed by atoms with Gasteiger partial charge in [-0.3, -0.25) is 9.69 Å². The van der Waals surface area contributed by atoms with Crippen LogP contribution in [0.3, 0.4) is 0 Å². The first-order valence-electron chi connectivity index (χ1n) is 13.6. The number of alkyl carbamates (subject to hydrolysis) is 1. The van der Waals surface area contributed by atoms with Crippen molar-refractivity contribution in [1.29, 1.82) is 5.26 Å². The van der Waals surface area contributed by atoms with Crippen molar-refractivity contribution < 1.29 is 33.5 Å². The van der Waals surface area contributed by atoms with Crippen molar-refractivity contribution in [3.8, 4) is 6.07 Å². The summed E-state index contributed by atoms with van der Waals surface area (Å²) in [6.45, 7) is 8.70. The number of nitrogens with one attached hydrogen (secondary N) is 1. The second-order valence-corrected chi connectivity index (χ2v) is 11.2. The first kappa shape index (κ1) is 29.6. The zero-order valence-corrected chi connectivity index (χ0v) is 23.3. The lowest BCUT2D eigenvalue weighted by Crippen LogP contribution is -2.52. The molecule has 2 aromatic rings. The molecule has 4 rings (SSSR count). The second-order valence-electron chi connectivity index (χ2n) is 11.2. The van der Waals surface area contributed by atoms with Crippen LogP contribution in [-0.4, -0.2) is 95.4 Å². The van der Waals surface area contributed by atoms with Crippen LogP contribution in [0.1, 0.15) is 39.2 Å². The average molecular weight is 552 g/mol. The van der Waals surface area contributed by atoms with E-state index in [9.17, 15) is 24.9 Å². The van der Waals surface area contributed by atoms with E-state index in [1.807, 2.05) is 39.0 Å². The fourth-order valence-electron chi connectivity index (χ4n) is 5.46. The van der Waals surface area contributed by atoms with E-state index >= 15 is 0 Å². The molecule has 40 heavy (non-hydrogen) atoms. The molecule has 3 N–H and O–H groups in total. The number of nitriles is 1. The molecule has 0 bridgehead atoms. The SMILES string of the molecule is CC(C)(/C=C(\C#N)C(=O)N1CCC[C@]1(C)COC(=O)N[C@@H](Cc1coc2ccccc12)B(O)O)N1CCOCC1. The highest BCUT2D eigenvalue weighted by Crippen LogP contribution is 2.32. The molecule has 2 aliphatic heterocycles. The van der Waals surface area contributed by atoms with Crippen LogP contribution < -0.4 is 5.32 Å². The third kappa shape index (κ3) is 6.67. The van der Waals surface area contributed by atoms with Gasteiger partial charge in [0, 0.05) is 30.6 Å². The summed E-state index contributed by atoms with van der Waals surface area (Å²) in [4.78, 5) is 30.0. The van der Waals surface area contributed by atoms with Gasteiger partial charge in [0.2, 0.25) is 0 Å². The van der Waals surface area contributed by atoms with Crippen LogP contribution in [0.4, 0.5) is 4.79 Å². The van der Waals surface area contributed by atoms with Crippen LogP contribution in [-0.2, 0) is 20.7 Å². The van der Waals surface area contributed by atoms with Gasteiger partial charge in [-0.15, -0.1) is 0 Å². The van der Waals surface area contributed by atoms with Gasteiger partial charge in [0.25, 0.3) is 5.91 Å². The molecule has 2 amide bonds. The Kier molecular flexibility index (Phi) is 9.20. The zero-order valence-electron chi connectivity index (χ0n) is 23.3. The van der Waals surface area contributed by atoms with Crippen LogP contribution >= 0.6 is 0 Å². The number of morpholine rings is 1. The van der Waals surface area contributed by atoms with Crippen molar-refractivity contribution in [1.82, 2.24) is 15.1 Å². The highest BCUT2D eigenvalue weighted by molar-refractivity contribution is 6.43. The predicted molar refractivity (Wildman–Crippen MR) is 148 cm³/mol. The van der Waals surface area contributed by atoms with E-state index in [0.717, 1.165) is 5.39 Å². The molecule has 1 aromatic carbocycles. The number of amides is 2. The number of fused-ring (bicyclic) bond motifs is 1. The molecule has 2 aliphatic rings. The van der Waals surface area contributed by atoms with Gasteiger partial charge in [-0.05, 0) is 57.7 Å². The van der Waals surface area contributed by atoms with Gasteiger partial charge in [-0.1, -0.05) is 18.2 Å². The van der Waals surface area contributed by atoms with Gasteiger partial charge in [0.1, 0.15) is 23.8 Å². The van der Waals surface area contributed by atoms with Crippen molar-refractivity contribution in [3.63, 3.8) is 0 Å². The molecule has 0 spiro atoms. The van der Waals surface area contributed by atoms with Crippen LogP contribution in [0.5, 0.6) is 0 Å². The number of ether oxygens (including phenoxy) is 2. The zero-order chi connectivity index (χ0) is 28.9. The first-order valence-corrected chi connectivity index (χ1v) is 13.6. The Labute approximate surface area is 234 Å². The molecule has 2 fully saturated rings. The molecule has 3 heterocycles. The summed E-state index contributed by atoms with van der Waals surface area (Å²) in [5.41, 5.74) is 0.0810. The molecule has 12 heteroatoms. The lowest BCUT2D eigenvalue weighted by atomic mass is 9.76. The van der Waals surface area contributed by atoms with Gasteiger partial charge >= 0.3 is 13.2 Å². The molecule has 0 saturated carbocycles. The number of carbonyl (C=O) groups is 2. The van der Waals surface area contributed by atoms with E-state index in [4.69, 9.17) is 13.9 Å². The summed E-state index contributed by atoms with van der Waals surface area (Å²) in [7, 11) is -1.83. The Morgan fingerprint density at radius 2 is 2.00 bits per heavy atom. The molecule has 0 unspecified atom stereocenters. The lowest BCUT2D eigenvalue weighted by Gasteiger charge is -2.39. The number of benzene rings is 1. The number of nitrogens with zero attached hydrogens (tertiary/aromatic N) is 3. The largest absolute Gasteiger partial charge is 0.475 e. The predicted octanol–water partition coefficient (Wildman–Crippen LogP) is 2.02.